The average molecular weight is 530 g/mol. The Morgan fingerprint density at radius 1 is 1.11 bits per heavy atom. The predicted octanol–water partition coefficient (Wildman–Crippen LogP) is 2.79. The molecule has 1 spiro atoms. The maximum absolute atomic E-state index is 13.1. The van der Waals surface area contributed by atoms with Gasteiger partial charge in [0.25, 0.3) is 5.91 Å². The third-order valence-electron chi connectivity index (χ3n) is 7.43. The van der Waals surface area contributed by atoms with Crippen molar-refractivity contribution < 1.29 is 42.1 Å². The maximum Gasteiger partial charge on any atom is 0.490 e. The Kier molecular flexibility index (Phi) is 8.93. The van der Waals surface area contributed by atoms with Crippen LogP contribution in [-0.4, -0.2) is 91.3 Å². The summed E-state index contributed by atoms with van der Waals surface area (Å²) in [5.41, 5.74) is 0.410. The first-order valence-electron chi connectivity index (χ1n) is 12.3. The van der Waals surface area contributed by atoms with Crippen molar-refractivity contribution in [2.45, 2.75) is 44.3 Å². The second-order valence-corrected chi connectivity index (χ2v) is 9.67. The fraction of sp³-hybridized carbons (Fsp3) is 0.640. The van der Waals surface area contributed by atoms with Crippen LogP contribution in [0.1, 0.15) is 43.0 Å². The molecule has 2 amide bonds. The number of carbonyl (C=O) groups excluding carboxylic acids is 2. The fourth-order valence-electron chi connectivity index (χ4n) is 5.42. The van der Waals surface area contributed by atoms with Crippen LogP contribution < -0.4 is 14.8 Å². The number of methoxy groups -OCH3 is 2. The van der Waals surface area contributed by atoms with Crippen LogP contribution in [0.5, 0.6) is 11.5 Å². The number of carboxylic acid groups (broad SMARTS) is 1. The molecule has 37 heavy (non-hydrogen) atoms. The standard InChI is InChI=1S/C23H33N3O4.C2HF3O2/c1-4-5-8-25-14-19-20(15-25)23(24-21(19)27)6-9-26(10-7-23)22(28)16-11-17(29-2)13-18(12-16)30-3;3-2(4,5)1(6)7/h11-13,19-20H,4-10,14-15H2,1-3H3,(H,24,27);(H,6,7)/t19-,20+;/m1./s1. The topological polar surface area (TPSA) is 108 Å². The zero-order valence-electron chi connectivity index (χ0n) is 21.3. The van der Waals surface area contributed by atoms with Crippen LogP contribution in [-0.2, 0) is 9.59 Å². The van der Waals surface area contributed by atoms with Crippen LogP contribution in [0.25, 0.3) is 0 Å². The molecule has 3 saturated heterocycles. The van der Waals surface area contributed by atoms with E-state index in [9.17, 15) is 22.8 Å². The molecule has 0 bridgehead atoms. The van der Waals surface area contributed by atoms with Crippen molar-refractivity contribution in [3.8, 4) is 11.5 Å². The number of piperidine rings is 1. The van der Waals surface area contributed by atoms with E-state index < -0.39 is 12.1 Å². The van der Waals surface area contributed by atoms with Gasteiger partial charge in [-0.1, -0.05) is 13.3 Å². The number of benzene rings is 1. The molecule has 0 radical (unpaired) electrons. The van der Waals surface area contributed by atoms with Crippen molar-refractivity contribution >= 4 is 17.8 Å². The molecular formula is C25H34F3N3O6. The molecule has 0 aromatic heterocycles. The van der Waals surface area contributed by atoms with Crippen molar-refractivity contribution in [3.05, 3.63) is 23.8 Å². The fourth-order valence-corrected chi connectivity index (χ4v) is 5.42. The lowest BCUT2D eigenvalue weighted by Crippen LogP contribution is -2.56. The lowest BCUT2D eigenvalue weighted by Gasteiger charge is -2.42. The van der Waals surface area contributed by atoms with Crippen LogP contribution in [0, 0.1) is 11.8 Å². The molecule has 9 nitrogen and oxygen atoms in total. The first kappa shape index (κ1) is 28.5. The van der Waals surface area contributed by atoms with E-state index in [1.807, 2.05) is 4.90 Å². The summed E-state index contributed by atoms with van der Waals surface area (Å²) >= 11 is 0. The number of aliphatic carboxylic acids is 1. The molecule has 2 atom stereocenters. The van der Waals surface area contributed by atoms with Crippen molar-refractivity contribution in [1.82, 2.24) is 15.1 Å². The van der Waals surface area contributed by atoms with Crippen LogP contribution >= 0.6 is 0 Å². The minimum Gasteiger partial charge on any atom is -0.497 e. The summed E-state index contributed by atoms with van der Waals surface area (Å²) in [6, 6.07) is 5.27. The number of rotatable bonds is 6. The number of halogens is 3. The van der Waals surface area contributed by atoms with Gasteiger partial charge in [-0.15, -0.1) is 0 Å². The Balaban J connectivity index is 0.000000479. The van der Waals surface area contributed by atoms with E-state index in [0.29, 0.717) is 36.1 Å². The minimum atomic E-state index is -5.08. The lowest BCUT2D eigenvalue weighted by molar-refractivity contribution is -0.192. The van der Waals surface area contributed by atoms with Gasteiger partial charge < -0.3 is 29.7 Å². The van der Waals surface area contributed by atoms with Crippen molar-refractivity contribution in [2.75, 3.05) is 46.9 Å². The Bertz CT molecular complexity index is 972. The van der Waals surface area contributed by atoms with E-state index >= 15 is 0 Å². The Labute approximate surface area is 213 Å². The molecule has 2 N–H and O–H groups in total. The summed E-state index contributed by atoms with van der Waals surface area (Å²) < 4.78 is 42.3. The molecule has 4 rings (SSSR count). The lowest BCUT2D eigenvalue weighted by atomic mass is 9.75. The maximum atomic E-state index is 13.1. The Morgan fingerprint density at radius 3 is 2.16 bits per heavy atom. The number of carboxylic acids is 1. The highest BCUT2D eigenvalue weighted by Crippen LogP contribution is 2.44. The molecule has 0 saturated carbocycles. The second kappa shape index (κ2) is 11.6. The quantitative estimate of drug-likeness (QED) is 0.584. The van der Waals surface area contributed by atoms with Gasteiger partial charge in [-0.05, 0) is 37.9 Å². The van der Waals surface area contributed by atoms with Gasteiger partial charge in [0.15, 0.2) is 0 Å². The molecule has 3 heterocycles. The number of unbranched alkanes of at least 4 members (excludes halogenated alkanes) is 1. The van der Waals surface area contributed by atoms with E-state index in [2.05, 4.69) is 17.1 Å². The molecule has 206 valence electrons. The highest BCUT2D eigenvalue weighted by molar-refractivity contribution is 5.95. The molecule has 3 aliphatic rings. The minimum absolute atomic E-state index is 0.0149. The van der Waals surface area contributed by atoms with Gasteiger partial charge in [-0.3, -0.25) is 9.59 Å². The molecule has 3 fully saturated rings. The Morgan fingerprint density at radius 2 is 1.68 bits per heavy atom. The van der Waals surface area contributed by atoms with Gasteiger partial charge in [0.05, 0.1) is 20.1 Å². The number of carbonyl (C=O) groups is 3. The number of fused-ring (bicyclic) bond motifs is 2. The van der Waals surface area contributed by atoms with Crippen molar-refractivity contribution in [1.29, 1.82) is 0 Å². The number of likely N-dealkylation sites (tertiary alicyclic amines) is 2. The summed E-state index contributed by atoms with van der Waals surface area (Å²) in [5, 5.41) is 10.5. The monoisotopic (exact) mass is 529 g/mol. The highest BCUT2D eigenvalue weighted by Gasteiger charge is 2.57. The molecule has 0 aliphatic carbocycles. The van der Waals surface area contributed by atoms with E-state index in [4.69, 9.17) is 19.4 Å². The third-order valence-corrected chi connectivity index (χ3v) is 7.43. The molecule has 12 heteroatoms. The number of hydrogen-bond donors (Lipinski definition) is 2. The van der Waals surface area contributed by atoms with Crippen molar-refractivity contribution in [3.63, 3.8) is 0 Å². The molecule has 1 aromatic rings. The van der Waals surface area contributed by atoms with Gasteiger partial charge >= 0.3 is 12.1 Å². The van der Waals surface area contributed by atoms with Gasteiger partial charge in [0.1, 0.15) is 11.5 Å². The van der Waals surface area contributed by atoms with Gasteiger partial charge in [0, 0.05) is 49.3 Å². The van der Waals surface area contributed by atoms with Crippen LogP contribution in [0.4, 0.5) is 13.2 Å². The van der Waals surface area contributed by atoms with Crippen LogP contribution in [0.3, 0.4) is 0 Å². The summed E-state index contributed by atoms with van der Waals surface area (Å²) in [5.74, 6) is -0.893. The van der Waals surface area contributed by atoms with Gasteiger partial charge in [-0.2, -0.15) is 13.2 Å². The largest absolute Gasteiger partial charge is 0.497 e. The first-order chi connectivity index (χ1) is 17.4. The Hall–Kier alpha value is -3.02. The summed E-state index contributed by atoms with van der Waals surface area (Å²) in [6.45, 7) is 6.45. The number of hydrogen-bond acceptors (Lipinski definition) is 6. The number of alkyl halides is 3. The van der Waals surface area contributed by atoms with Crippen LogP contribution in [0.2, 0.25) is 0 Å². The normalized spacial score (nSPS) is 22.6. The number of ether oxygens (including phenoxy) is 2. The van der Waals surface area contributed by atoms with Crippen molar-refractivity contribution in [2.24, 2.45) is 11.8 Å². The summed E-state index contributed by atoms with van der Waals surface area (Å²) in [4.78, 5) is 39.0. The number of nitrogens with zero attached hydrogens (tertiary/aromatic N) is 2. The zero-order valence-corrected chi connectivity index (χ0v) is 21.3. The van der Waals surface area contributed by atoms with E-state index in [0.717, 1.165) is 32.5 Å². The number of nitrogens with one attached hydrogen (secondary N) is 1. The van der Waals surface area contributed by atoms with Gasteiger partial charge in [0.2, 0.25) is 5.91 Å². The predicted molar refractivity (Wildman–Crippen MR) is 128 cm³/mol. The first-order valence-corrected chi connectivity index (χ1v) is 12.3. The highest BCUT2D eigenvalue weighted by atomic mass is 19.4. The summed E-state index contributed by atoms with van der Waals surface area (Å²) in [6.07, 6.45) is -1.10. The molecular weight excluding hydrogens is 495 g/mol. The van der Waals surface area contributed by atoms with Crippen LogP contribution in [0.15, 0.2) is 18.2 Å². The van der Waals surface area contributed by atoms with E-state index in [1.165, 1.54) is 12.8 Å². The van der Waals surface area contributed by atoms with Gasteiger partial charge in [-0.25, -0.2) is 4.79 Å². The molecule has 0 unspecified atom stereocenters. The third kappa shape index (κ3) is 6.46. The zero-order chi connectivity index (χ0) is 27.4. The smallest absolute Gasteiger partial charge is 0.490 e. The number of amides is 2. The summed E-state index contributed by atoms with van der Waals surface area (Å²) in [7, 11) is 3.16. The van der Waals surface area contributed by atoms with E-state index in [-0.39, 0.29) is 23.3 Å². The second-order valence-electron chi connectivity index (χ2n) is 9.67. The molecule has 1 aromatic carbocycles. The SMILES string of the molecule is CCCCN1C[C@H]2C(=O)NC3(CCN(C(=O)c4cc(OC)cc(OC)c4)CC3)[C@H]2C1.O=C(O)C(F)(F)F. The molecule has 3 aliphatic heterocycles. The van der Waals surface area contributed by atoms with E-state index in [1.54, 1.807) is 32.4 Å². The average Bonchev–Trinajstić information content (AvgIpc) is 3.41.